The number of nitrogens with zero attached hydrogens (tertiary/aromatic N) is 1. The van der Waals surface area contributed by atoms with Crippen LogP contribution in [0.25, 0.3) is 0 Å². The van der Waals surface area contributed by atoms with Crippen LogP contribution in [0.1, 0.15) is 31.4 Å². The molecule has 1 aliphatic carbocycles. The zero-order valence-electron chi connectivity index (χ0n) is 10.7. The van der Waals surface area contributed by atoms with E-state index < -0.39 is 0 Å². The highest BCUT2D eigenvalue weighted by Crippen LogP contribution is 2.46. The summed E-state index contributed by atoms with van der Waals surface area (Å²) < 4.78 is 17.3. The van der Waals surface area contributed by atoms with Crippen molar-refractivity contribution in [3.63, 3.8) is 0 Å². The maximum Gasteiger partial charge on any atom is 0.168 e. The standard InChI is InChI=1S/C14H19NO3/c1-16-13(12-4-2-3-9-15-12)5-7-14(8-6-13)17-10-11-18-14/h2-4,9H,5-8,10-11H2,1H3. The van der Waals surface area contributed by atoms with Crippen molar-refractivity contribution in [2.75, 3.05) is 20.3 Å². The number of ether oxygens (including phenoxy) is 3. The summed E-state index contributed by atoms with van der Waals surface area (Å²) in [6, 6.07) is 5.98. The second kappa shape index (κ2) is 4.61. The summed E-state index contributed by atoms with van der Waals surface area (Å²) >= 11 is 0. The summed E-state index contributed by atoms with van der Waals surface area (Å²) in [4.78, 5) is 4.45. The second-order valence-electron chi connectivity index (χ2n) is 5.02. The third-order valence-corrected chi connectivity index (χ3v) is 4.16. The lowest BCUT2D eigenvalue weighted by Gasteiger charge is -2.42. The average molecular weight is 249 g/mol. The van der Waals surface area contributed by atoms with Gasteiger partial charge in [0.15, 0.2) is 5.79 Å². The molecule has 3 rings (SSSR count). The van der Waals surface area contributed by atoms with E-state index in [0.717, 1.165) is 31.4 Å². The number of methoxy groups -OCH3 is 1. The van der Waals surface area contributed by atoms with E-state index in [2.05, 4.69) is 4.98 Å². The zero-order chi connectivity index (χ0) is 12.5. The van der Waals surface area contributed by atoms with Crippen LogP contribution in [0, 0.1) is 0 Å². The first-order valence-corrected chi connectivity index (χ1v) is 6.53. The van der Waals surface area contributed by atoms with Crippen LogP contribution in [0.15, 0.2) is 24.4 Å². The zero-order valence-corrected chi connectivity index (χ0v) is 10.7. The van der Waals surface area contributed by atoms with E-state index in [4.69, 9.17) is 14.2 Å². The molecule has 1 saturated heterocycles. The molecule has 0 atom stereocenters. The minimum absolute atomic E-state index is 0.276. The average Bonchev–Trinajstić information content (AvgIpc) is 2.90. The minimum atomic E-state index is -0.350. The van der Waals surface area contributed by atoms with Gasteiger partial charge < -0.3 is 14.2 Å². The summed E-state index contributed by atoms with van der Waals surface area (Å²) in [5.41, 5.74) is 0.738. The van der Waals surface area contributed by atoms with Gasteiger partial charge in [0.05, 0.1) is 18.9 Å². The second-order valence-corrected chi connectivity index (χ2v) is 5.02. The van der Waals surface area contributed by atoms with Crippen molar-refractivity contribution < 1.29 is 14.2 Å². The Morgan fingerprint density at radius 1 is 1.11 bits per heavy atom. The number of rotatable bonds is 2. The molecular weight excluding hydrogens is 230 g/mol. The first-order valence-electron chi connectivity index (χ1n) is 6.53. The monoisotopic (exact) mass is 249 g/mol. The van der Waals surface area contributed by atoms with Crippen LogP contribution in [-0.2, 0) is 19.8 Å². The van der Waals surface area contributed by atoms with Crippen molar-refractivity contribution in [2.45, 2.75) is 37.1 Å². The molecule has 1 spiro atoms. The molecular formula is C14H19NO3. The maximum absolute atomic E-state index is 5.79. The molecule has 4 heteroatoms. The number of hydrogen-bond acceptors (Lipinski definition) is 4. The van der Waals surface area contributed by atoms with E-state index in [1.807, 2.05) is 24.4 Å². The van der Waals surface area contributed by atoms with Crippen molar-refractivity contribution in [1.82, 2.24) is 4.98 Å². The molecule has 18 heavy (non-hydrogen) atoms. The number of hydrogen-bond donors (Lipinski definition) is 0. The first kappa shape index (κ1) is 12.1. The highest BCUT2D eigenvalue weighted by molar-refractivity contribution is 5.15. The van der Waals surface area contributed by atoms with Crippen LogP contribution in [0.5, 0.6) is 0 Å². The number of aromatic nitrogens is 1. The molecule has 1 saturated carbocycles. The largest absolute Gasteiger partial charge is 0.372 e. The Balaban J connectivity index is 1.79. The maximum atomic E-state index is 5.79. The lowest BCUT2D eigenvalue weighted by Crippen LogP contribution is -2.43. The summed E-state index contributed by atoms with van der Waals surface area (Å²) in [7, 11) is 1.77. The van der Waals surface area contributed by atoms with Gasteiger partial charge in [-0.25, -0.2) is 0 Å². The Hall–Kier alpha value is -0.970. The van der Waals surface area contributed by atoms with E-state index in [1.165, 1.54) is 0 Å². The van der Waals surface area contributed by atoms with Gasteiger partial charge in [-0.2, -0.15) is 0 Å². The number of pyridine rings is 1. The predicted molar refractivity (Wildman–Crippen MR) is 66.0 cm³/mol. The Labute approximate surface area is 107 Å². The summed E-state index contributed by atoms with van der Waals surface area (Å²) in [6.07, 6.45) is 5.35. The molecule has 2 aliphatic rings. The molecule has 1 aromatic rings. The molecule has 0 N–H and O–H groups in total. The Morgan fingerprint density at radius 2 is 1.83 bits per heavy atom. The van der Waals surface area contributed by atoms with Gasteiger partial charge in [-0.3, -0.25) is 4.98 Å². The first-order chi connectivity index (χ1) is 8.79. The minimum Gasteiger partial charge on any atom is -0.372 e. The molecule has 1 aliphatic heterocycles. The molecule has 0 unspecified atom stereocenters. The lowest BCUT2D eigenvalue weighted by molar-refractivity contribution is -0.209. The molecule has 0 aromatic carbocycles. The van der Waals surface area contributed by atoms with Crippen molar-refractivity contribution >= 4 is 0 Å². The van der Waals surface area contributed by atoms with Gasteiger partial charge in [-0.15, -0.1) is 0 Å². The fourth-order valence-corrected chi connectivity index (χ4v) is 3.02. The SMILES string of the molecule is COC1(c2ccccn2)CCC2(CC1)OCCO2. The molecule has 2 heterocycles. The van der Waals surface area contributed by atoms with Gasteiger partial charge >= 0.3 is 0 Å². The van der Waals surface area contributed by atoms with Gasteiger partial charge in [-0.05, 0) is 25.0 Å². The van der Waals surface area contributed by atoms with Crippen molar-refractivity contribution in [2.24, 2.45) is 0 Å². The van der Waals surface area contributed by atoms with E-state index >= 15 is 0 Å². The summed E-state index contributed by atoms with van der Waals surface area (Å²) in [5, 5.41) is 0. The van der Waals surface area contributed by atoms with Gasteiger partial charge in [0, 0.05) is 26.1 Å². The smallest absolute Gasteiger partial charge is 0.168 e. The Morgan fingerprint density at radius 3 is 2.39 bits per heavy atom. The van der Waals surface area contributed by atoms with Gasteiger partial charge in [0.2, 0.25) is 0 Å². The lowest BCUT2D eigenvalue weighted by atomic mass is 9.79. The van der Waals surface area contributed by atoms with Gasteiger partial charge in [0.25, 0.3) is 0 Å². The Bertz CT molecular complexity index is 391. The van der Waals surface area contributed by atoms with E-state index in [9.17, 15) is 0 Å². The van der Waals surface area contributed by atoms with Crippen LogP contribution < -0.4 is 0 Å². The normalized spacial score (nSPS) is 25.4. The molecule has 4 nitrogen and oxygen atoms in total. The van der Waals surface area contributed by atoms with Crippen LogP contribution in [0.2, 0.25) is 0 Å². The summed E-state index contributed by atoms with van der Waals surface area (Å²) in [6.45, 7) is 1.42. The van der Waals surface area contributed by atoms with E-state index in [1.54, 1.807) is 7.11 Å². The predicted octanol–water partition coefficient (Wildman–Crippen LogP) is 2.24. The fraction of sp³-hybridized carbons (Fsp3) is 0.643. The van der Waals surface area contributed by atoms with Gasteiger partial charge in [0.1, 0.15) is 5.60 Å². The third kappa shape index (κ3) is 1.94. The molecule has 98 valence electrons. The van der Waals surface area contributed by atoms with E-state index in [0.29, 0.717) is 13.2 Å². The molecule has 2 fully saturated rings. The van der Waals surface area contributed by atoms with Crippen LogP contribution in [0.3, 0.4) is 0 Å². The van der Waals surface area contributed by atoms with Crippen molar-refractivity contribution in [1.29, 1.82) is 0 Å². The fourth-order valence-electron chi connectivity index (χ4n) is 3.02. The Kier molecular flexibility index (Phi) is 3.09. The van der Waals surface area contributed by atoms with Crippen LogP contribution >= 0.6 is 0 Å². The van der Waals surface area contributed by atoms with Crippen molar-refractivity contribution in [3.05, 3.63) is 30.1 Å². The summed E-state index contributed by atoms with van der Waals surface area (Å²) in [5.74, 6) is -0.350. The molecule has 0 amide bonds. The molecule has 1 aromatic heterocycles. The van der Waals surface area contributed by atoms with Crippen molar-refractivity contribution in [3.8, 4) is 0 Å². The van der Waals surface area contributed by atoms with Crippen LogP contribution in [-0.4, -0.2) is 31.1 Å². The quantitative estimate of drug-likeness (QED) is 0.806. The molecule has 0 bridgehead atoms. The topological polar surface area (TPSA) is 40.6 Å². The molecule has 0 radical (unpaired) electrons. The third-order valence-electron chi connectivity index (χ3n) is 4.16. The van der Waals surface area contributed by atoms with Crippen LogP contribution in [0.4, 0.5) is 0 Å². The highest BCUT2D eigenvalue weighted by Gasteiger charge is 2.47. The highest BCUT2D eigenvalue weighted by atomic mass is 16.7. The van der Waals surface area contributed by atoms with E-state index in [-0.39, 0.29) is 11.4 Å². The van der Waals surface area contributed by atoms with Gasteiger partial charge in [-0.1, -0.05) is 6.07 Å².